The fourth-order valence-corrected chi connectivity index (χ4v) is 2.65. The van der Waals surface area contributed by atoms with Crippen LogP contribution in [0.5, 0.6) is 0 Å². The van der Waals surface area contributed by atoms with Crippen LogP contribution in [0.3, 0.4) is 0 Å². The van der Waals surface area contributed by atoms with E-state index in [-0.39, 0.29) is 5.71 Å². The van der Waals surface area contributed by atoms with Crippen LogP contribution < -0.4 is 4.90 Å². The quantitative estimate of drug-likeness (QED) is 0.408. The molecule has 0 unspecified atom stereocenters. The lowest BCUT2D eigenvalue weighted by Crippen LogP contribution is -2.30. The first kappa shape index (κ1) is 19.0. The molecule has 0 N–H and O–H groups in total. The van der Waals surface area contributed by atoms with Gasteiger partial charge in [-0.2, -0.15) is 0 Å². The molecule has 0 fully saturated rings. The molecule has 26 heavy (non-hydrogen) atoms. The Hall–Kier alpha value is -1.79. The summed E-state index contributed by atoms with van der Waals surface area (Å²) in [6.07, 6.45) is 0. The van der Waals surface area contributed by atoms with Gasteiger partial charge in [-0.05, 0) is 23.8 Å². The van der Waals surface area contributed by atoms with Crippen LogP contribution in [0.4, 0.5) is 5.69 Å². The molecular weight excluding hydrogens is 422 g/mol. The van der Waals surface area contributed by atoms with Crippen molar-refractivity contribution in [1.82, 2.24) is 0 Å². The number of anilines is 1. The number of hydrogen-bond donors (Lipinski definition) is 0. The number of hydrogen-bond acceptors (Lipinski definition) is 4. The minimum atomic E-state index is -2.28. The molecule has 2 aromatic carbocycles. The molecular formula is C17H10Cl4N2O3. The van der Waals surface area contributed by atoms with Crippen LogP contribution in [0.2, 0.25) is 5.02 Å². The summed E-state index contributed by atoms with van der Waals surface area (Å²) >= 11 is 22.2. The van der Waals surface area contributed by atoms with Gasteiger partial charge >= 0.3 is 5.97 Å². The van der Waals surface area contributed by atoms with Gasteiger partial charge in [0.2, 0.25) is 0 Å². The highest BCUT2D eigenvalue weighted by molar-refractivity contribution is 6.75. The number of alkyl halides is 3. The second kappa shape index (κ2) is 7.45. The van der Waals surface area contributed by atoms with Crippen LogP contribution in [-0.4, -0.2) is 21.4 Å². The van der Waals surface area contributed by atoms with Crippen LogP contribution in [0, 0.1) is 0 Å². The van der Waals surface area contributed by atoms with E-state index in [1.165, 1.54) is 4.90 Å². The van der Waals surface area contributed by atoms with Gasteiger partial charge in [-0.15, -0.1) is 0 Å². The predicted molar refractivity (Wildman–Crippen MR) is 102 cm³/mol. The Morgan fingerprint density at radius 1 is 1.08 bits per heavy atom. The fraction of sp³-hybridized carbons (Fsp3) is 0.118. The van der Waals surface area contributed by atoms with Crippen molar-refractivity contribution in [3.05, 3.63) is 64.7 Å². The van der Waals surface area contributed by atoms with E-state index in [0.717, 1.165) is 5.56 Å². The first-order valence-corrected chi connectivity index (χ1v) is 8.80. The highest BCUT2D eigenvalue weighted by atomic mass is 35.6. The van der Waals surface area contributed by atoms with Crippen molar-refractivity contribution in [3.8, 4) is 0 Å². The van der Waals surface area contributed by atoms with E-state index in [1.54, 1.807) is 36.4 Å². The molecule has 1 aliphatic rings. The van der Waals surface area contributed by atoms with Crippen molar-refractivity contribution in [2.45, 2.75) is 10.3 Å². The minimum absolute atomic E-state index is 0.0443. The predicted octanol–water partition coefficient (Wildman–Crippen LogP) is 4.50. The Morgan fingerprint density at radius 2 is 1.73 bits per heavy atom. The first-order chi connectivity index (χ1) is 12.3. The van der Waals surface area contributed by atoms with Crippen LogP contribution in [-0.2, 0) is 21.0 Å². The Labute approximate surface area is 169 Å². The number of fused-ring (bicyclic) bond motifs is 1. The molecule has 0 atom stereocenters. The zero-order valence-electron chi connectivity index (χ0n) is 13.0. The molecule has 1 heterocycles. The number of nitrogens with zero attached hydrogens (tertiary/aromatic N) is 2. The number of halogens is 4. The Balaban J connectivity index is 1.90. The van der Waals surface area contributed by atoms with Crippen molar-refractivity contribution < 1.29 is 14.4 Å². The highest BCUT2D eigenvalue weighted by Crippen LogP contribution is 2.32. The van der Waals surface area contributed by atoms with E-state index < -0.39 is 15.7 Å². The van der Waals surface area contributed by atoms with Gasteiger partial charge in [0, 0.05) is 10.6 Å². The molecule has 0 spiro atoms. The topological polar surface area (TPSA) is 59.0 Å². The number of rotatable bonds is 3. The van der Waals surface area contributed by atoms with Crippen LogP contribution in [0.1, 0.15) is 11.1 Å². The smallest absolute Gasteiger partial charge is 0.313 e. The fourth-order valence-electron chi connectivity index (χ4n) is 2.42. The zero-order valence-corrected chi connectivity index (χ0v) is 16.0. The Morgan fingerprint density at radius 3 is 2.38 bits per heavy atom. The van der Waals surface area contributed by atoms with Gasteiger partial charge in [-0.1, -0.05) is 81.9 Å². The lowest BCUT2D eigenvalue weighted by atomic mass is 10.1. The molecule has 0 saturated heterocycles. The molecule has 3 rings (SSSR count). The standard InChI is InChI=1S/C17H10Cl4N2O3/c18-11-7-5-10(6-8-11)9-23-13-4-2-1-3-12(13)14(15(23)24)22-26-16(25)17(19,20)21/h1-8H,9H2/b22-14-. The van der Waals surface area contributed by atoms with Crippen molar-refractivity contribution >= 4 is 69.7 Å². The molecule has 9 heteroatoms. The molecule has 5 nitrogen and oxygen atoms in total. The maximum absolute atomic E-state index is 12.8. The van der Waals surface area contributed by atoms with Crippen molar-refractivity contribution in [2.24, 2.45) is 5.16 Å². The van der Waals surface area contributed by atoms with Gasteiger partial charge in [0.25, 0.3) is 9.70 Å². The lowest BCUT2D eigenvalue weighted by molar-refractivity contribution is -0.142. The van der Waals surface area contributed by atoms with E-state index in [1.807, 2.05) is 12.1 Å². The second-order valence-electron chi connectivity index (χ2n) is 5.35. The van der Waals surface area contributed by atoms with E-state index >= 15 is 0 Å². The van der Waals surface area contributed by atoms with E-state index in [9.17, 15) is 9.59 Å². The number of oxime groups is 1. The number of amides is 1. The third kappa shape index (κ3) is 3.96. The average Bonchev–Trinajstić information content (AvgIpc) is 2.86. The maximum atomic E-state index is 12.8. The van der Waals surface area contributed by atoms with Gasteiger partial charge in [-0.25, -0.2) is 4.79 Å². The molecule has 0 aromatic heterocycles. The second-order valence-corrected chi connectivity index (χ2v) is 8.07. The molecule has 0 bridgehead atoms. The zero-order chi connectivity index (χ0) is 18.9. The highest BCUT2D eigenvalue weighted by Gasteiger charge is 2.37. The van der Waals surface area contributed by atoms with Crippen LogP contribution in [0.15, 0.2) is 53.7 Å². The SMILES string of the molecule is O=C1/C(=N\OC(=O)C(Cl)(Cl)Cl)c2ccccc2N1Cc1ccc(Cl)cc1. The van der Waals surface area contributed by atoms with Gasteiger partial charge in [0.15, 0.2) is 5.71 Å². The monoisotopic (exact) mass is 430 g/mol. The van der Waals surface area contributed by atoms with Crippen molar-refractivity contribution in [1.29, 1.82) is 0 Å². The van der Waals surface area contributed by atoms with Crippen molar-refractivity contribution in [3.63, 3.8) is 0 Å². The summed E-state index contributed by atoms with van der Waals surface area (Å²) in [7, 11) is 0. The Kier molecular flexibility index (Phi) is 5.44. The van der Waals surface area contributed by atoms with Gasteiger partial charge in [-0.3, -0.25) is 4.79 Å². The Bertz CT molecular complexity index is 892. The minimum Gasteiger partial charge on any atom is -0.313 e. The van der Waals surface area contributed by atoms with Crippen molar-refractivity contribution in [2.75, 3.05) is 4.90 Å². The normalized spacial score (nSPS) is 15.3. The number of benzene rings is 2. The summed E-state index contributed by atoms with van der Waals surface area (Å²) in [5.74, 6) is -1.63. The molecule has 134 valence electrons. The van der Waals surface area contributed by atoms with Gasteiger partial charge < -0.3 is 9.74 Å². The molecule has 0 radical (unpaired) electrons. The third-order valence-electron chi connectivity index (χ3n) is 3.60. The summed E-state index contributed by atoms with van der Waals surface area (Å²) in [6.45, 7) is 0.296. The van der Waals surface area contributed by atoms with Gasteiger partial charge in [0.05, 0.1) is 12.2 Å². The van der Waals surface area contributed by atoms with E-state index in [2.05, 4.69) is 9.99 Å². The maximum Gasteiger partial charge on any atom is 0.386 e. The summed E-state index contributed by atoms with van der Waals surface area (Å²) in [5, 5.41) is 4.22. The summed E-state index contributed by atoms with van der Waals surface area (Å²) in [4.78, 5) is 30.5. The molecule has 0 saturated carbocycles. The molecule has 1 amide bonds. The molecule has 2 aromatic rings. The van der Waals surface area contributed by atoms with Gasteiger partial charge in [0.1, 0.15) is 0 Å². The average molecular weight is 432 g/mol. The first-order valence-electron chi connectivity index (χ1n) is 7.29. The van der Waals surface area contributed by atoms with E-state index in [4.69, 9.17) is 46.4 Å². The lowest BCUT2D eigenvalue weighted by Gasteiger charge is -2.16. The van der Waals surface area contributed by atoms with E-state index in [0.29, 0.717) is 22.8 Å². The molecule has 1 aliphatic heterocycles. The molecule has 0 aliphatic carbocycles. The largest absolute Gasteiger partial charge is 0.386 e. The number of carbonyl (C=O) groups excluding carboxylic acids is 2. The summed E-state index contributed by atoms with van der Waals surface area (Å²) < 4.78 is -2.28. The van der Waals surface area contributed by atoms with Crippen LogP contribution in [0.25, 0.3) is 0 Å². The number of carbonyl (C=O) groups is 2. The summed E-state index contributed by atoms with van der Waals surface area (Å²) in [6, 6.07) is 14.1. The third-order valence-corrected chi connectivity index (χ3v) is 4.32. The summed E-state index contributed by atoms with van der Waals surface area (Å²) in [5.41, 5.74) is 1.98. The number of para-hydroxylation sites is 1. The van der Waals surface area contributed by atoms with Crippen LogP contribution >= 0.6 is 46.4 Å².